The van der Waals surface area contributed by atoms with Gasteiger partial charge in [0.1, 0.15) is 0 Å². The highest BCUT2D eigenvalue weighted by Crippen LogP contribution is 2.07. The monoisotopic (exact) mass is 285 g/mol. The van der Waals surface area contributed by atoms with Gasteiger partial charge in [0.2, 0.25) is 5.95 Å². The van der Waals surface area contributed by atoms with Crippen LogP contribution >= 0.6 is 0 Å². The second kappa shape index (κ2) is 4.39. The molecule has 9 nitrogen and oxygen atoms in total. The minimum Gasteiger partial charge on any atom is -0.330 e. The molecule has 0 amide bonds. The van der Waals surface area contributed by atoms with Gasteiger partial charge >= 0.3 is 5.69 Å². The summed E-state index contributed by atoms with van der Waals surface area (Å²) in [6, 6.07) is 0. The molecule has 2 aromatic rings. The molecule has 0 unspecified atom stereocenters. The van der Waals surface area contributed by atoms with E-state index in [0.29, 0.717) is 0 Å². The molecule has 0 fully saturated rings. The van der Waals surface area contributed by atoms with Gasteiger partial charge in [-0.25, -0.2) is 22.9 Å². The number of hydrogen-bond acceptors (Lipinski definition) is 5. The fourth-order valence-electron chi connectivity index (χ4n) is 1.46. The van der Waals surface area contributed by atoms with Gasteiger partial charge in [-0.1, -0.05) is 0 Å². The Hall–Kier alpha value is -2.36. The molecule has 0 atom stereocenters. The first-order chi connectivity index (χ1) is 8.83. The van der Waals surface area contributed by atoms with Crippen LogP contribution in [-0.2, 0) is 24.1 Å². The van der Waals surface area contributed by atoms with Crippen LogP contribution in [0.25, 0.3) is 0 Å². The predicted molar refractivity (Wildman–Crippen MR) is 66.3 cm³/mol. The van der Waals surface area contributed by atoms with Crippen LogP contribution in [0.3, 0.4) is 0 Å². The van der Waals surface area contributed by atoms with Crippen molar-refractivity contribution in [2.45, 2.75) is 4.90 Å². The minimum atomic E-state index is -4.11. The number of hydrogen-bond donors (Lipinski definition) is 2. The molecule has 0 aliphatic heterocycles. The summed E-state index contributed by atoms with van der Waals surface area (Å²) in [6.45, 7) is 0. The number of anilines is 1. The van der Waals surface area contributed by atoms with Crippen LogP contribution < -0.4 is 16.0 Å². The number of aromatic amines is 1. The molecule has 102 valence electrons. The summed E-state index contributed by atoms with van der Waals surface area (Å²) < 4.78 is 27.9. The van der Waals surface area contributed by atoms with Crippen molar-refractivity contribution < 1.29 is 8.42 Å². The zero-order valence-electron chi connectivity index (χ0n) is 10.1. The maximum atomic E-state index is 12.0. The normalized spacial score (nSPS) is 11.5. The Morgan fingerprint density at radius 3 is 2.58 bits per heavy atom. The van der Waals surface area contributed by atoms with E-state index in [9.17, 15) is 18.0 Å². The highest BCUT2D eigenvalue weighted by molar-refractivity contribution is 7.92. The molecule has 0 aliphatic rings. The number of nitrogens with zero attached hydrogens (tertiary/aromatic N) is 3. The maximum absolute atomic E-state index is 12.0. The third-order valence-electron chi connectivity index (χ3n) is 2.43. The standard InChI is InChI=1S/C9H11N5O4S/c1-13-5-6(7(15)14(2)9(13)16)19(17,18)12-8-10-3-4-11-8/h3-5H,1-2H3,(H2,10,11,12). The number of H-pyrrole nitrogens is 1. The van der Waals surface area contributed by atoms with Gasteiger partial charge in [0.05, 0.1) is 0 Å². The Morgan fingerprint density at radius 2 is 2.00 bits per heavy atom. The first kappa shape index (κ1) is 13.1. The summed E-state index contributed by atoms with van der Waals surface area (Å²) in [5.74, 6) is -0.0177. The van der Waals surface area contributed by atoms with E-state index in [4.69, 9.17) is 0 Å². The largest absolute Gasteiger partial charge is 0.330 e. The number of nitrogens with one attached hydrogen (secondary N) is 2. The topological polar surface area (TPSA) is 119 Å². The Labute approximate surface area is 107 Å². The van der Waals surface area contributed by atoms with E-state index in [2.05, 4.69) is 14.7 Å². The summed E-state index contributed by atoms with van der Waals surface area (Å²) in [6.07, 6.45) is 3.75. The van der Waals surface area contributed by atoms with Gasteiger partial charge in [0.25, 0.3) is 15.6 Å². The van der Waals surface area contributed by atoms with Gasteiger partial charge in [-0.2, -0.15) is 0 Å². The summed E-state index contributed by atoms with van der Waals surface area (Å²) >= 11 is 0. The van der Waals surface area contributed by atoms with Crippen LogP contribution in [-0.4, -0.2) is 27.5 Å². The first-order valence-electron chi connectivity index (χ1n) is 5.12. The Bertz CT molecular complexity index is 815. The number of rotatable bonds is 3. The highest BCUT2D eigenvalue weighted by Gasteiger charge is 2.22. The zero-order valence-corrected chi connectivity index (χ0v) is 10.9. The molecule has 0 spiro atoms. The Morgan fingerprint density at radius 1 is 1.32 bits per heavy atom. The van der Waals surface area contributed by atoms with Crippen LogP contribution in [0.5, 0.6) is 0 Å². The predicted octanol–water partition coefficient (Wildman–Crippen LogP) is -1.39. The average Bonchev–Trinajstić information content (AvgIpc) is 2.83. The fourth-order valence-corrected chi connectivity index (χ4v) is 2.60. The van der Waals surface area contributed by atoms with Gasteiger partial charge in [-0.15, -0.1) is 0 Å². The van der Waals surface area contributed by atoms with Gasteiger partial charge in [0, 0.05) is 32.7 Å². The van der Waals surface area contributed by atoms with E-state index < -0.39 is 26.2 Å². The van der Waals surface area contributed by atoms with Crippen molar-refractivity contribution in [1.29, 1.82) is 0 Å². The van der Waals surface area contributed by atoms with Crippen LogP contribution in [0.2, 0.25) is 0 Å². The maximum Gasteiger partial charge on any atom is 0.330 e. The van der Waals surface area contributed by atoms with Crippen molar-refractivity contribution in [3.8, 4) is 0 Å². The average molecular weight is 285 g/mol. The van der Waals surface area contributed by atoms with Crippen molar-refractivity contribution in [2.75, 3.05) is 4.72 Å². The van der Waals surface area contributed by atoms with Crippen LogP contribution in [0, 0.1) is 0 Å². The minimum absolute atomic E-state index is 0.0177. The van der Waals surface area contributed by atoms with E-state index >= 15 is 0 Å². The van der Waals surface area contributed by atoms with Crippen molar-refractivity contribution in [3.05, 3.63) is 39.4 Å². The molecule has 0 saturated carbocycles. The second-order valence-electron chi connectivity index (χ2n) is 3.79. The Kier molecular flexibility index (Phi) is 3.02. The molecule has 0 aliphatic carbocycles. The summed E-state index contributed by atoms with van der Waals surface area (Å²) in [5, 5.41) is 0. The van der Waals surface area contributed by atoms with Gasteiger partial charge < -0.3 is 9.55 Å². The van der Waals surface area contributed by atoms with E-state index in [1.54, 1.807) is 0 Å². The third kappa shape index (κ3) is 2.29. The zero-order chi connectivity index (χ0) is 14.2. The molecule has 0 aromatic carbocycles. The van der Waals surface area contributed by atoms with E-state index in [-0.39, 0.29) is 5.95 Å². The molecular formula is C9H11N5O4S. The first-order valence-corrected chi connectivity index (χ1v) is 6.60. The van der Waals surface area contributed by atoms with Crippen LogP contribution in [0.15, 0.2) is 33.1 Å². The second-order valence-corrected chi connectivity index (χ2v) is 5.45. The van der Waals surface area contributed by atoms with Crippen molar-refractivity contribution >= 4 is 16.0 Å². The van der Waals surface area contributed by atoms with E-state index in [1.807, 2.05) is 0 Å². The smallest absolute Gasteiger partial charge is 0.330 e. The van der Waals surface area contributed by atoms with E-state index in [1.165, 1.54) is 26.5 Å². The highest BCUT2D eigenvalue weighted by atomic mass is 32.2. The van der Waals surface area contributed by atoms with Gasteiger partial charge in [-0.05, 0) is 0 Å². The van der Waals surface area contributed by atoms with Crippen LogP contribution in [0.4, 0.5) is 5.95 Å². The molecule has 10 heteroatoms. The van der Waals surface area contributed by atoms with Crippen LogP contribution in [0.1, 0.15) is 0 Å². The summed E-state index contributed by atoms with van der Waals surface area (Å²) in [4.78, 5) is 29.0. The molecule has 2 N–H and O–H groups in total. The molecule has 19 heavy (non-hydrogen) atoms. The molecule has 2 rings (SSSR count). The molecule has 2 aromatic heterocycles. The molecule has 2 heterocycles. The lowest BCUT2D eigenvalue weighted by atomic mass is 10.6. The quantitative estimate of drug-likeness (QED) is 0.719. The lowest BCUT2D eigenvalue weighted by Gasteiger charge is -2.08. The summed E-state index contributed by atoms with van der Waals surface area (Å²) in [7, 11) is -1.55. The Balaban J connectivity index is 2.59. The molecule has 0 saturated heterocycles. The van der Waals surface area contributed by atoms with Gasteiger partial charge in [0.15, 0.2) is 4.90 Å². The molecular weight excluding hydrogens is 274 g/mol. The molecule has 0 bridgehead atoms. The van der Waals surface area contributed by atoms with Crippen molar-refractivity contribution in [3.63, 3.8) is 0 Å². The number of aryl methyl sites for hydroxylation is 1. The van der Waals surface area contributed by atoms with Crippen molar-refractivity contribution in [1.82, 2.24) is 19.1 Å². The van der Waals surface area contributed by atoms with Crippen molar-refractivity contribution in [2.24, 2.45) is 14.1 Å². The van der Waals surface area contributed by atoms with E-state index in [0.717, 1.165) is 15.3 Å². The lowest BCUT2D eigenvalue weighted by Crippen LogP contribution is -2.40. The lowest BCUT2D eigenvalue weighted by molar-refractivity contribution is 0.589. The number of imidazole rings is 1. The SMILES string of the molecule is Cn1cc(S(=O)(=O)Nc2ncc[nH]2)c(=O)n(C)c1=O. The number of aromatic nitrogens is 4. The summed E-state index contributed by atoms with van der Waals surface area (Å²) in [5.41, 5.74) is -1.51. The van der Waals surface area contributed by atoms with Gasteiger partial charge in [-0.3, -0.25) is 9.36 Å². The third-order valence-corrected chi connectivity index (χ3v) is 3.75. The fraction of sp³-hybridized carbons (Fsp3) is 0.222. The molecule has 0 radical (unpaired) electrons. The number of sulfonamides is 1.